The lowest BCUT2D eigenvalue weighted by molar-refractivity contribution is 0.101. The molecule has 18 heavy (non-hydrogen) atoms. The molecule has 0 radical (unpaired) electrons. The molecule has 1 heterocycles. The number of halogens is 1. The van der Waals surface area contributed by atoms with E-state index in [1.54, 1.807) is 29.9 Å². The summed E-state index contributed by atoms with van der Waals surface area (Å²) in [5, 5.41) is 7.58. The number of carbonyl (C=O) groups excluding carboxylic acids is 1. The lowest BCUT2D eigenvalue weighted by Crippen LogP contribution is -2.16. The van der Waals surface area contributed by atoms with Crippen molar-refractivity contribution in [3.63, 3.8) is 0 Å². The highest BCUT2D eigenvalue weighted by atomic mass is 35.5. The number of hydrogen-bond acceptors (Lipinski definition) is 2. The molecule has 2 aromatic rings. The van der Waals surface area contributed by atoms with Gasteiger partial charge < -0.3 is 5.32 Å². The van der Waals surface area contributed by atoms with Gasteiger partial charge in [-0.25, -0.2) is 0 Å². The number of rotatable bonds is 2. The molecule has 1 amide bonds. The Kier molecular flexibility index (Phi) is 3.39. The molecule has 0 fully saturated rings. The van der Waals surface area contributed by atoms with Gasteiger partial charge in [-0.3, -0.25) is 9.48 Å². The molecule has 5 heteroatoms. The van der Waals surface area contributed by atoms with Crippen molar-refractivity contribution in [3.05, 3.63) is 46.2 Å². The molecule has 1 N–H and O–H groups in total. The SMILES string of the molecule is Cc1cc(C(=O)Nc2cc(Cl)ccc2C)n(C)n1. The Morgan fingerprint density at radius 1 is 1.33 bits per heavy atom. The van der Waals surface area contributed by atoms with Gasteiger partial charge >= 0.3 is 0 Å². The number of anilines is 1. The van der Waals surface area contributed by atoms with Crippen LogP contribution in [-0.2, 0) is 7.05 Å². The van der Waals surface area contributed by atoms with Gasteiger partial charge in [0, 0.05) is 17.8 Å². The highest BCUT2D eigenvalue weighted by Crippen LogP contribution is 2.20. The molecule has 0 bridgehead atoms. The smallest absolute Gasteiger partial charge is 0.273 e. The molecule has 1 aromatic carbocycles. The highest BCUT2D eigenvalue weighted by Gasteiger charge is 2.13. The number of aryl methyl sites for hydroxylation is 3. The Balaban J connectivity index is 2.26. The van der Waals surface area contributed by atoms with Crippen molar-refractivity contribution in [3.8, 4) is 0 Å². The first-order chi connectivity index (χ1) is 8.47. The zero-order valence-electron chi connectivity index (χ0n) is 10.5. The van der Waals surface area contributed by atoms with E-state index in [2.05, 4.69) is 10.4 Å². The van der Waals surface area contributed by atoms with Gasteiger partial charge in [-0.2, -0.15) is 5.10 Å². The molecular formula is C13H14ClN3O. The number of hydrogen-bond donors (Lipinski definition) is 1. The normalized spacial score (nSPS) is 10.4. The molecular weight excluding hydrogens is 250 g/mol. The van der Waals surface area contributed by atoms with E-state index in [0.717, 1.165) is 11.3 Å². The van der Waals surface area contributed by atoms with E-state index in [-0.39, 0.29) is 5.91 Å². The van der Waals surface area contributed by atoms with Crippen LogP contribution >= 0.6 is 11.6 Å². The van der Waals surface area contributed by atoms with E-state index in [4.69, 9.17) is 11.6 Å². The molecule has 2 rings (SSSR count). The Bertz CT molecular complexity index is 604. The van der Waals surface area contributed by atoms with Crippen LogP contribution in [-0.4, -0.2) is 15.7 Å². The standard InChI is InChI=1S/C13H14ClN3O/c1-8-4-5-10(14)7-11(8)15-13(18)12-6-9(2)16-17(12)3/h4-7H,1-3H3,(H,15,18). The first-order valence-corrected chi connectivity index (χ1v) is 5.93. The van der Waals surface area contributed by atoms with Crippen LogP contribution in [0.1, 0.15) is 21.7 Å². The van der Waals surface area contributed by atoms with Crippen molar-refractivity contribution < 1.29 is 4.79 Å². The minimum absolute atomic E-state index is 0.191. The summed E-state index contributed by atoms with van der Waals surface area (Å²) in [7, 11) is 1.74. The van der Waals surface area contributed by atoms with Crippen LogP contribution in [0.15, 0.2) is 24.3 Å². The second-order valence-electron chi connectivity index (χ2n) is 4.21. The van der Waals surface area contributed by atoms with Crippen molar-refractivity contribution in [1.82, 2.24) is 9.78 Å². The van der Waals surface area contributed by atoms with Crippen LogP contribution in [0.2, 0.25) is 5.02 Å². The summed E-state index contributed by atoms with van der Waals surface area (Å²) in [5.74, 6) is -0.191. The summed E-state index contributed by atoms with van der Waals surface area (Å²) in [6.07, 6.45) is 0. The average Bonchev–Trinajstić information content (AvgIpc) is 2.63. The van der Waals surface area contributed by atoms with E-state index in [1.807, 2.05) is 19.9 Å². The molecule has 0 atom stereocenters. The number of nitrogens with one attached hydrogen (secondary N) is 1. The Hall–Kier alpha value is -1.81. The lowest BCUT2D eigenvalue weighted by Gasteiger charge is -2.08. The van der Waals surface area contributed by atoms with Gasteiger partial charge in [0.05, 0.1) is 5.69 Å². The van der Waals surface area contributed by atoms with E-state index in [1.165, 1.54) is 0 Å². The molecule has 94 valence electrons. The minimum Gasteiger partial charge on any atom is -0.320 e. The third-order valence-electron chi connectivity index (χ3n) is 2.68. The number of nitrogens with zero attached hydrogens (tertiary/aromatic N) is 2. The Morgan fingerprint density at radius 2 is 2.06 bits per heavy atom. The van der Waals surface area contributed by atoms with E-state index >= 15 is 0 Å². The minimum atomic E-state index is -0.191. The van der Waals surface area contributed by atoms with Crippen molar-refractivity contribution in [1.29, 1.82) is 0 Å². The molecule has 0 saturated carbocycles. The zero-order valence-corrected chi connectivity index (χ0v) is 11.2. The largest absolute Gasteiger partial charge is 0.320 e. The van der Waals surface area contributed by atoms with Gasteiger partial charge in [0.2, 0.25) is 0 Å². The van der Waals surface area contributed by atoms with Crippen LogP contribution < -0.4 is 5.32 Å². The fourth-order valence-electron chi connectivity index (χ4n) is 1.74. The van der Waals surface area contributed by atoms with Crippen molar-refractivity contribution in [2.24, 2.45) is 7.05 Å². The topological polar surface area (TPSA) is 46.9 Å². The number of benzene rings is 1. The number of carbonyl (C=O) groups is 1. The monoisotopic (exact) mass is 263 g/mol. The predicted octanol–water partition coefficient (Wildman–Crippen LogP) is 2.94. The van der Waals surface area contributed by atoms with Gasteiger partial charge in [0.1, 0.15) is 5.69 Å². The summed E-state index contributed by atoms with van der Waals surface area (Å²) in [6.45, 7) is 3.77. The summed E-state index contributed by atoms with van der Waals surface area (Å²) in [4.78, 5) is 12.1. The van der Waals surface area contributed by atoms with Crippen LogP contribution in [0.3, 0.4) is 0 Å². The highest BCUT2D eigenvalue weighted by molar-refractivity contribution is 6.31. The quantitative estimate of drug-likeness (QED) is 0.906. The van der Waals surface area contributed by atoms with Crippen LogP contribution in [0.4, 0.5) is 5.69 Å². The van der Waals surface area contributed by atoms with Gasteiger partial charge in [0.25, 0.3) is 5.91 Å². The molecule has 0 unspecified atom stereocenters. The Labute approximate surface area is 111 Å². The lowest BCUT2D eigenvalue weighted by atomic mass is 10.2. The molecule has 1 aromatic heterocycles. The summed E-state index contributed by atoms with van der Waals surface area (Å²) < 4.78 is 1.56. The maximum Gasteiger partial charge on any atom is 0.273 e. The first-order valence-electron chi connectivity index (χ1n) is 5.55. The van der Waals surface area contributed by atoms with E-state index in [0.29, 0.717) is 16.4 Å². The van der Waals surface area contributed by atoms with E-state index in [9.17, 15) is 4.79 Å². The summed E-state index contributed by atoms with van der Waals surface area (Å²) in [5.41, 5.74) is 3.01. The molecule has 0 aliphatic rings. The number of aromatic nitrogens is 2. The van der Waals surface area contributed by atoms with Crippen LogP contribution in [0.25, 0.3) is 0 Å². The third kappa shape index (κ3) is 2.54. The first kappa shape index (κ1) is 12.6. The summed E-state index contributed by atoms with van der Waals surface area (Å²) >= 11 is 5.91. The van der Waals surface area contributed by atoms with Gasteiger partial charge in [-0.1, -0.05) is 17.7 Å². The maximum atomic E-state index is 12.1. The van der Waals surface area contributed by atoms with E-state index < -0.39 is 0 Å². The van der Waals surface area contributed by atoms with Crippen LogP contribution in [0.5, 0.6) is 0 Å². The molecule has 0 spiro atoms. The number of amides is 1. The zero-order chi connectivity index (χ0) is 13.3. The third-order valence-corrected chi connectivity index (χ3v) is 2.92. The average molecular weight is 264 g/mol. The van der Waals surface area contributed by atoms with Gasteiger partial charge in [-0.15, -0.1) is 0 Å². The molecule has 0 aliphatic heterocycles. The summed E-state index contributed by atoms with van der Waals surface area (Å²) in [6, 6.07) is 7.14. The van der Waals surface area contributed by atoms with Gasteiger partial charge in [-0.05, 0) is 37.6 Å². The second-order valence-corrected chi connectivity index (χ2v) is 4.64. The molecule has 0 saturated heterocycles. The fraction of sp³-hybridized carbons (Fsp3) is 0.231. The predicted molar refractivity (Wildman–Crippen MR) is 72.1 cm³/mol. The van der Waals surface area contributed by atoms with Crippen molar-refractivity contribution in [2.75, 3.05) is 5.32 Å². The van der Waals surface area contributed by atoms with Crippen LogP contribution in [0, 0.1) is 13.8 Å². The fourth-order valence-corrected chi connectivity index (χ4v) is 1.91. The van der Waals surface area contributed by atoms with Crippen molar-refractivity contribution in [2.45, 2.75) is 13.8 Å². The van der Waals surface area contributed by atoms with Crippen molar-refractivity contribution >= 4 is 23.2 Å². The molecule has 4 nitrogen and oxygen atoms in total. The second kappa shape index (κ2) is 4.82. The van der Waals surface area contributed by atoms with Gasteiger partial charge in [0.15, 0.2) is 0 Å². The maximum absolute atomic E-state index is 12.1. The molecule has 0 aliphatic carbocycles. The Morgan fingerprint density at radius 3 is 2.67 bits per heavy atom.